The normalized spacial score (nSPS) is 10.7. The fourth-order valence-electron chi connectivity index (χ4n) is 1.86. The van der Waals surface area contributed by atoms with Crippen molar-refractivity contribution < 1.29 is 9.90 Å². The number of para-hydroxylation sites is 1. The Balaban J connectivity index is 1.79. The molecule has 1 heterocycles. The molecule has 1 N–H and O–H groups in total. The number of hydrogen-bond acceptors (Lipinski definition) is 5. The lowest BCUT2D eigenvalue weighted by Crippen LogP contribution is -1.99. The third-order valence-electron chi connectivity index (χ3n) is 2.83. The molecule has 21 heavy (non-hydrogen) atoms. The van der Waals surface area contributed by atoms with Gasteiger partial charge in [-0.15, -0.1) is 10.2 Å². The van der Waals surface area contributed by atoms with Crippen LogP contribution in [0.2, 0.25) is 0 Å². The number of carboxylic acid groups (broad SMARTS) is 1. The Hall–Kier alpha value is -2.47. The van der Waals surface area contributed by atoms with Gasteiger partial charge in [0, 0.05) is 4.90 Å². The number of aliphatic carboxylic acids is 1. The van der Waals surface area contributed by atoms with Gasteiger partial charge in [0.05, 0.1) is 11.9 Å². The number of fused-ring (bicyclic) bond motifs is 1. The zero-order valence-corrected chi connectivity index (χ0v) is 11.7. The van der Waals surface area contributed by atoms with Gasteiger partial charge in [-0.1, -0.05) is 24.3 Å². The van der Waals surface area contributed by atoms with E-state index in [1.807, 2.05) is 36.4 Å². The number of carbonyl (C=O) groups is 1. The van der Waals surface area contributed by atoms with Crippen molar-refractivity contribution >= 4 is 28.8 Å². The summed E-state index contributed by atoms with van der Waals surface area (Å²) in [5, 5.41) is 17.5. The molecule has 6 heteroatoms. The largest absolute Gasteiger partial charge is 0.481 e. The molecule has 0 bridgehead atoms. The summed E-state index contributed by atoms with van der Waals surface area (Å²) in [7, 11) is 0. The average Bonchev–Trinajstić information content (AvgIpc) is 2.49. The van der Waals surface area contributed by atoms with E-state index in [4.69, 9.17) is 5.11 Å². The second kappa shape index (κ2) is 5.88. The lowest BCUT2D eigenvalue weighted by Gasteiger charge is -2.02. The smallest absolute Gasteiger partial charge is 0.307 e. The highest BCUT2D eigenvalue weighted by atomic mass is 32.2. The molecule has 0 aliphatic carbocycles. The third-order valence-corrected chi connectivity index (χ3v) is 3.69. The van der Waals surface area contributed by atoms with Gasteiger partial charge in [0.2, 0.25) is 5.16 Å². The minimum Gasteiger partial charge on any atom is -0.481 e. The first kappa shape index (κ1) is 13.5. The van der Waals surface area contributed by atoms with Crippen molar-refractivity contribution in [3.63, 3.8) is 0 Å². The van der Waals surface area contributed by atoms with Crippen LogP contribution in [0.15, 0.2) is 58.6 Å². The quantitative estimate of drug-likeness (QED) is 0.798. The van der Waals surface area contributed by atoms with E-state index in [1.165, 1.54) is 11.8 Å². The molecule has 2 aromatic carbocycles. The summed E-state index contributed by atoms with van der Waals surface area (Å²) in [6.07, 6.45) is 0.0268. The van der Waals surface area contributed by atoms with Crippen LogP contribution in [-0.4, -0.2) is 26.3 Å². The molecule has 0 saturated carbocycles. The second-order valence-corrected chi connectivity index (χ2v) is 5.44. The van der Waals surface area contributed by atoms with Crippen LogP contribution in [0.1, 0.15) is 5.56 Å². The number of rotatable bonds is 4. The van der Waals surface area contributed by atoms with E-state index >= 15 is 0 Å². The molecular formula is C15H11N3O2S. The summed E-state index contributed by atoms with van der Waals surface area (Å²) >= 11 is 1.40. The Bertz CT molecular complexity index is 790. The van der Waals surface area contributed by atoms with Crippen LogP contribution in [0.3, 0.4) is 0 Å². The van der Waals surface area contributed by atoms with Gasteiger partial charge in [0.1, 0.15) is 5.52 Å². The Morgan fingerprint density at radius 2 is 1.71 bits per heavy atom. The van der Waals surface area contributed by atoms with Crippen LogP contribution in [0, 0.1) is 0 Å². The van der Waals surface area contributed by atoms with Crippen LogP contribution in [0.4, 0.5) is 0 Å². The molecule has 0 unspecified atom stereocenters. The monoisotopic (exact) mass is 297 g/mol. The maximum Gasteiger partial charge on any atom is 0.307 e. The van der Waals surface area contributed by atoms with E-state index < -0.39 is 5.97 Å². The SMILES string of the molecule is O=C(O)Cc1ccc(Sc2nnc3ccccc3n2)cc1. The van der Waals surface area contributed by atoms with Crippen LogP contribution in [0.25, 0.3) is 11.0 Å². The Morgan fingerprint density at radius 3 is 2.43 bits per heavy atom. The van der Waals surface area contributed by atoms with Gasteiger partial charge >= 0.3 is 5.97 Å². The van der Waals surface area contributed by atoms with Crippen molar-refractivity contribution in [2.75, 3.05) is 0 Å². The predicted octanol–water partition coefficient (Wildman–Crippen LogP) is 2.80. The van der Waals surface area contributed by atoms with Gasteiger partial charge in [-0.05, 0) is 41.6 Å². The van der Waals surface area contributed by atoms with Crippen molar-refractivity contribution in [1.82, 2.24) is 15.2 Å². The lowest BCUT2D eigenvalue weighted by molar-refractivity contribution is -0.136. The molecule has 0 atom stereocenters. The van der Waals surface area contributed by atoms with Gasteiger partial charge < -0.3 is 5.11 Å². The minimum atomic E-state index is -0.836. The van der Waals surface area contributed by atoms with Crippen LogP contribution >= 0.6 is 11.8 Å². The van der Waals surface area contributed by atoms with E-state index in [0.29, 0.717) is 5.16 Å². The van der Waals surface area contributed by atoms with Gasteiger partial charge in [-0.25, -0.2) is 4.98 Å². The molecule has 5 nitrogen and oxygen atoms in total. The standard InChI is InChI=1S/C15H11N3O2S/c19-14(20)9-10-5-7-11(8-6-10)21-15-16-12-3-1-2-4-13(12)17-18-15/h1-8H,9H2,(H,19,20). The summed E-state index contributed by atoms with van der Waals surface area (Å²) in [5.41, 5.74) is 2.33. The summed E-state index contributed by atoms with van der Waals surface area (Å²) < 4.78 is 0. The van der Waals surface area contributed by atoms with E-state index in [-0.39, 0.29) is 6.42 Å². The highest BCUT2D eigenvalue weighted by Crippen LogP contribution is 2.25. The molecule has 1 aromatic heterocycles. The zero-order valence-electron chi connectivity index (χ0n) is 10.9. The maximum absolute atomic E-state index is 10.6. The summed E-state index contributed by atoms with van der Waals surface area (Å²) in [4.78, 5) is 16.0. The summed E-state index contributed by atoms with van der Waals surface area (Å²) in [5.74, 6) is -0.836. The molecule has 3 aromatic rings. The lowest BCUT2D eigenvalue weighted by atomic mass is 10.2. The Kier molecular flexibility index (Phi) is 3.79. The van der Waals surface area contributed by atoms with E-state index in [9.17, 15) is 4.79 Å². The van der Waals surface area contributed by atoms with Crippen LogP contribution < -0.4 is 0 Å². The number of hydrogen-bond donors (Lipinski definition) is 1. The summed E-state index contributed by atoms with van der Waals surface area (Å²) in [6.45, 7) is 0. The molecule has 104 valence electrons. The molecule has 0 aliphatic rings. The molecule has 0 spiro atoms. The van der Waals surface area contributed by atoms with E-state index in [0.717, 1.165) is 21.5 Å². The van der Waals surface area contributed by atoms with Gasteiger partial charge in [-0.3, -0.25) is 4.79 Å². The van der Waals surface area contributed by atoms with Crippen LogP contribution in [-0.2, 0) is 11.2 Å². The van der Waals surface area contributed by atoms with Crippen LogP contribution in [0.5, 0.6) is 0 Å². The maximum atomic E-state index is 10.6. The number of carboxylic acids is 1. The average molecular weight is 297 g/mol. The van der Waals surface area contributed by atoms with Crippen molar-refractivity contribution in [2.24, 2.45) is 0 Å². The van der Waals surface area contributed by atoms with Crippen molar-refractivity contribution in [3.05, 3.63) is 54.1 Å². The Labute approximate surface area is 125 Å². The number of benzene rings is 2. The molecule has 0 fully saturated rings. The number of aromatic nitrogens is 3. The van der Waals surface area contributed by atoms with Gasteiger partial charge in [0.15, 0.2) is 0 Å². The molecule has 0 aliphatic heterocycles. The molecular weight excluding hydrogens is 286 g/mol. The third kappa shape index (κ3) is 3.35. The zero-order chi connectivity index (χ0) is 14.7. The summed E-state index contributed by atoms with van der Waals surface area (Å²) in [6, 6.07) is 14.9. The number of nitrogens with zero attached hydrogens (tertiary/aromatic N) is 3. The molecule has 0 saturated heterocycles. The highest BCUT2D eigenvalue weighted by Gasteiger charge is 2.05. The first-order valence-corrected chi connectivity index (χ1v) is 7.10. The Morgan fingerprint density at radius 1 is 1.00 bits per heavy atom. The molecule has 0 radical (unpaired) electrons. The predicted molar refractivity (Wildman–Crippen MR) is 79.2 cm³/mol. The fraction of sp³-hybridized carbons (Fsp3) is 0.0667. The second-order valence-electron chi connectivity index (χ2n) is 4.40. The highest BCUT2D eigenvalue weighted by molar-refractivity contribution is 7.99. The van der Waals surface area contributed by atoms with Crippen molar-refractivity contribution in [2.45, 2.75) is 16.5 Å². The van der Waals surface area contributed by atoms with Crippen molar-refractivity contribution in [3.8, 4) is 0 Å². The van der Waals surface area contributed by atoms with Crippen molar-refractivity contribution in [1.29, 1.82) is 0 Å². The topological polar surface area (TPSA) is 76.0 Å². The molecule has 0 amide bonds. The van der Waals surface area contributed by atoms with E-state index in [2.05, 4.69) is 15.2 Å². The van der Waals surface area contributed by atoms with Gasteiger partial charge in [-0.2, -0.15) is 0 Å². The van der Waals surface area contributed by atoms with E-state index in [1.54, 1.807) is 12.1 Å². The van der Waals surface area contributed by atoms with Gasteiger partial charge in [0.25, 0.3) is 0 Å². The minimum absolute atomic E-state index is 0.0268. The fourth-order valence-corrected chi connectivity index (χ4v) is 2.57. The molecule has 3 rings (SSSR count). The first-order chi connectivity index (χ1) is 10.2. The first-order valence-electron chi connectivity index (χ1n) is 6.29.